The van der Waals surface area contributed by atoms with Gasteiger partial charge in [0.15, 0.2) is 0 Å². The van der Waals surface area contributed by atoms with E-state index in [1.165, 1.54) is 12.1 Å². The highest BCUT2D eigenvalue weighted by Crippen LogP contribution is 2.24. The molecular weight excluding hydrogens is 259 g/mol. The summed E-state index contributed by atoms with van der Waals surface area (Å²) in [6.45, 7) is 5.60. The molecule has 6 heteroatoms. The van der Waals surface area contributed by atoms with Crippen LogP contribution in [0.15, 0.2) is 24.3 Å². The van der Waals surface area contributed by atoms with Gasteiger partial charge in [-0.3, -0.25) is 0 Å². The molecule has 1 atom stereocenters. The summed E-state index contributed by atoms with van der Waals surface area (Å²) < 4.78 is 39.8. The summed E-state index contributed by atoms with van der Waals surface area (Å²) in [7, 11) is 0. The lowest BCUT2D eigenvalue weighted by molar-refractivity contribution is -0.274. The minimum Gasteiger partial charge on any atom is -0.406 e. The Morgan fingerprint density at radius 2 is 1.74 bits per heavy atom. The Balaban J connectivity index is 2.60. The zero-order valence-electron chi connectivity index (χ0n) is 11.1. The standard InChI is InChI=1S/C13H18F3NO2/c1-9(17-8-12(2,3)18)10-4-6-11(7-5-10)19-13(14,15)16/h4-7,9,17-18H,8H2,1-3H3. The van der Waals surface area contributed by atoms with E-state index in [0.717, 1.165) is 5.56 Å². The number of aliphatic hydroxyl groups is 1. The fourth-order valence-corrected chi connectivity index (χ4v) is 1.48. The minimum absolute atomic E-state index is 0.0774. The van der Waals surface area contributed by atoms with Crippen LogP contribution in [-0.4, -0.2) is 23.6 Å². The van der Waals surface area contributed by atoms with Gasteiger partial charge in [0.2, 0.25) is 0 Å². The molecule has 108 valence electrons. The first kappa shape index (κ1) is 15.8. The van der Waals surface area contributed by atoms with E-state index in [0.29, 0.717) is 6.54 Å². The molecule has 0 saturated carbocycles. The van der Waals surface area contributed by atoms with Gasteiger partial charge in [0.25, 0.3) is 0 Å². The van der Waals surface area contributed by atoms with Gasteiger partial charge in [-0.25, -0.2) is 0 Å². The summed E-state index contributed by atoms with van der Waals surface area (Å²) in [6.07, 6.45) is -4.67. The van der Waals surface area contributed by atoms with E-state index in [1.54, 1.807) is 26.0 Å². The number of benzene rings is 1. The summed E-state index contributed by atoms with van der Waals surface area (Å²) in [5.74, 6) is -0.245. The molecule has 0 bridgehead atoms. The van der Waals surface area contributed by atoms with Crippen LogP contribution in [0.25, 0.3) is 0 Å². The van der Waals surface area contributed by atoms with Crippen molar-refractivity contribution >= 4 is 0 Å². The van der Waals surface area contributed by atoms with E-state index >= 15 is 0 Å². The summed E-state index contributed by atoms with van der Waals surface area (Å²) in [4.78, 5) is 0. The smallest absolute Gasteiger partial charge is 0.406 e. The average Bonchev–Trinajstić information content (AvgIpc) is 2.23. The molecule has 0 aliphatic rings. The van der Waals surface area contributed by atoms with E-state index in [4.69, 9.17) is 0 Å². The van der Waals surface area contributed by atoms with Crippen LogP contribution in [0.5, 0.6) is 5.75 Å². The molecule has 0 fully saturated rings. The van der Waals surface area contributed by atoms with Crippen LogP contribution in [0.1, 0.15) is 32.4 Å². The van der Waals surface area contributed by atoms with Crippen LogP contribution < -0.4 is 10.1 Å². The molecule has 1 aromatic rings. The van der Waals surface area contributed by atoms with Gasteiger partial charge in [0.05, 0.1) is 5.60 Å². The van der Waals surface area contributed by atoms with E-state index in [9.17, 15) is 18.3 Å². The van der Waals surface area contributed by atoms with Crippen LogP contribution in [0.4, 0.5) is 13.2 Å². The first-order valence-electron chi connectivity index (χ1n) is 5.88. The fraction of sp³-hybridized carbons (Fsp3) is 0.538. The van der Waals surface area contributed by atoms with Gasteiger partial charge < -0.3 is 15.2 Å². The number of alkyl halides is 3. The normalized spacial score (nSPS) is 14.3. The van der Waals surface area contributed by atoms with Crippen LogP contribution in [0.3, 0.4) is 0 Å². The monoisotopic (exact) mass is 277 g/mol. The number of ether oxygens (including phenoxy) is 1. The van der Waals surface area contributed by atoms with Crippen molar-refractivity contribution in [3.63, 3.8) is 0 Å². The van der Waals surface area contributed by atoms with E-state index in [-0.39, 0.29) is 11.8 Å². The highest BCUT2D eigenvalue weighted by atomic mass is 19.4. The van der Waals surface area contributed by atoms with Crippen molar-refractivity contribution in [3.05, 3.63) is 29.8 Å². The molecule has 0 spiro atoms. The fourth-order valence-electron chi connectivity index (χ4n) is 1.48. The largest absolute Gasteiger partial charge is 0.573 e. The Kier molecular flexibility index (Phi) is 4.81. The second-order valence-electron chi connectivity index (χ2n) is 5.03. The van der Waals surface area contributed by atoms with Gasteiger partial charge in [-0.1, -0.05) is 12.1 Å². The number of hydrogen-bond donors (Lipinski definition) is 2. The average molecular weight is 277 g/mol. The first-order chi connectivity index (χ1) is 8.57. The molecule has 3 nitrogen and oxygen atoms in total. The SMILES string of the molecule is CC(NCC(C)(C)O)c1ccc(OC(F)(F)F)cc1. The maximum atomic E-state index is 12.0. The Morgan fingerprint density at radius 1 is 1.21 bits per heavy atom. The summed E-state index contributed by atoms with van der Waals surface area (Å²) in [5.41, 5.74) is -0.0214. The molecule has 2 N–H and O–H groups in total. The zero-order valence-corrected chi connectivity index (χ0v) is 11.1. The van der Waals surface area contributed by atoms with Gasteiger partial charge in [-0.15, -0.1) is 13.2 Å². The van der Waals surface area contributed by atoms with Crippen LogP contribution in [-0.2, 0) is 0 Å². The Bertz CT molecular complexity index is 396. The summed E-state index contributed by atoms with van der Waals surface area (Å²) in [6, 6.07) is 5.58. The molecule has 1 unspecified atom stereocenters. The maximum absolute atomic E-state index is 12.0. The molecule has 0 amide bonds. The van der Waals surface area contributed by atoms with Crippen molar-refractivity contribution in [2.45, 2.75) is 38.8 Å². The van der Waals surface area contributed by atoms with Gasteiger partial charge in [0, 0.05) is 12.6 Å². The zero-order chi connectivity index (χ0) is 14.7. The van der Waals surface area contributed by atoms with E-state index in [1.807, 2.05) is 6.92 Å². The van der Waals surface area contributed by atoms with Gasteiger partial charge in [0.1, 0.15) is 5.75 Å². The number of rotatable bonds is 5. The quantitative estimate of drug-likeness (QED) is 0.869. The Morgan fingerprint density at radius 3 is 2.16 bits per heavy atom. The maximum Gasteiger partial charge on any atom is 0.573 e. The predicted octanol–water partition coefficient (Wildman–Crippen LogP) is 3.01. The lowest BCUT2D eigenvalue weighted by atomic mass is 10.1. The lowest BCUT2D eigenvalue weighted by Gasteiger charge is -2.22. The molecule has 0 aromatic heterocycles. The predicted molar refractivity (Wildman–Crippen MR) is 65.8 cm³/mol. The molecule has 0 radical (unpaired) electrons. The van der Waals surface area contributed by atoms with Crippen molar-refractivity contribution in [1.82, 2.24) is 5.32 Å². The van der Waals surface area contributed by atoms with Crippen molar-refractivity contribution in [3.8, 4) is 5.75 Å². The van der Waals surface area contributed by atoms with Crippen molar-refractivity contribution in [2.24, 2.45) is 0 Å². The number of halogens is 3. The second-order valence-corrected chi connectivity index (χ2v) is 5.03. The molecule has 1 aromatic carbocycles. The van der Waals surface area contributed by atoms with Gasteiger partial charge >= 0.3 is 6.36 Å². The third kappa shape index (κ3) is 6.45. The molecule has 0 heterocycles. The van der Waals surface area contributed by atoms with E-state index in [2.05, 4.69) is 10.1 Å². The molecule has 0 aliphatic heterocycles. The first-order valence-corrected chi connectivity index (χ1v) is 5.88. The van der Waals surface area contributed by atoms with Crippen LogP contribution in [0, 0.1) is 0 Å². The molecule has 19 heavy (non-hydrogen) atoms. The number of hydrogen-bond acceptors (Lipinski definition) is 3. The van der Waals surface area contributed by atoms with Crippen molar-refractivity contribution in [1.29, 1.82) is 0 Å². The summed E-state index contributed by atoms with van der Waals surface area (Å²) in [5, 5.41) is 12.7. The van der Waals surface area contributed by atoms with Crippen molar-refractivity contribution in [2.75, 3.05) is 6.54 Å². The lowest BCUT2D eigenvalue weighted by Crippen LogP contribution is -2.36. The van der Waals surface area contributed by atoms with Gasteiger partial charge in [-0.05, 0) is 38.5 Å². The topological polar surface area (TPSA) is 41.5 Å². The van der Waals surface area contributed by atoms with Crippen molar-refractivity contribution < 1.29 is 23.0 Å². The molecule has 0 aliphatic carbocycles. The molecule has 1 rings (SSSR count). The Hall–Kier alpha value is -1.27. The van der Waals surface area contributed by atoms with E-state index < -0.39 is 12.0 Å². The molecule has 0 saturated heterocycles. The van der Waals surface area contributed by atoms with Crippen LogP contribution in [0.2, 0.25) is 0 Å². The summed E-state index contributed by atoms with van der Waals surface area (Å²) >= 11 is 0. The second kappa shape index (κ2) is 5.79. The molecular formula is C13H18F3NO2. The van der Waals surface area contributed by atoms with Crippen LogP contribution >= 0.6 is 0 Å². The highest BCUT2D eigenvalue weighted by molar-refractivity contribution is 5.29. The number of nitrogens with one attached hydrogen (secondary N) is 1. The third-order valence-corrected chi connectivity index (χ3v) is 2.45. The minimum atomic E-state index is -4.67. The van der Waals surface area contributed by atoms with Gasteiger partial charge in [-0.2, -0.15) is 0 Å². The Labute approximate surface area is 110 Å². The third-order valence-electron chi connectivity index (χ3n) is 2.45. The highest BCUT2D eigenvalue weighted by Gasteiger charge is 2.31.